The summed E-state index contributed by atoms with van der Waals surface area (Å²) in [5.41, 5.74) is -0.0183. The van der Waals surface area contributed by atoms with Crippen LogP contribution in [0.2, 0.25) is 0 Å². The Morgan fingerprint density at radius 2 is 2.12 bits per heavy atom. The Labute approximate surface area is 138 Å². The summed E-state index contributed by atoms with van der Waals surface area (Å²) in [5.74, 6) is 0.807. The summed E-state index contributed by atoms with van der Waals surface area (Å²) in [4.78, 5) is 16.7. The molecule has 1 amide bonds. The number of aryl methyl sites for hydroxylation is 1. The van der Waals surface area contributed by atoms with Gasteiger partial charge in [0.2, 0.25) is 5.95 Å². The van der Waals surface area contributed by atoms with Gasteiger partial charge in [-0.1, -0.05) is 12.1 Å². The average Bonchev–Trinajstić information content (AvgIpc) is 2.96. The largest absolute Gasteiger partial charge is 0.317 e. The topological polar surface area (TPSA) is 71.8 Å². The number of benzene rings is 1. The minimum Gasteiger partial charge on any atom is -0.317 e. The Balaban J connectivity index is 1.74. The van der Waals surface area contributed by atoms with Crippen LogP contribution in [0, 0.1) is 0 Å². The van der Waals surface area contributed by atoms with Crippen molar-refractivity contribution >= 4 is 11.9 Å². The van der Waals surface area contributed by atoms with Gasteiger partial charge in [-0.25, -0.2) is 13.5 Å². The van der Waals surface area contributed by atoms with Crippen LogP contribution in [0.5, 0.6) is 0 Å². The molecule has 0 bridgehead atoms. The first-order valence-corrected chi connectivity index (χ1v) is 7.85. The molecule has 8 heteroatoms. The van der Waals surface area contributed by atoms with E-state index in [4.69, 9.17) is 0 Å². The van der Waals surface area contributed by atoms with Gasteiger partial charge in [0.15, 0.2) is 5.82 Å². The number of hydrogen-bond acceptors (Lipinski definition) is 4. The fourth-order valence-corrected chi connectivity index (χ4v) is 2.76. The molecule has 1 aliphatic heterocycles. The zero-order valence-corrected chi connectivity index (χ0v) is 13.3. The third-order valence-electron chi connectivity index (χ3n) is 4.11. The highest BCUT2D eigenvalue weighted by molar-refractivity contribution is 6.03. The van der Waals surface area contributed by atoms with E-state index in [1.807, 2.05) is 0 Å². The Hall–Kier alpha value is -2.35. The van der Waals surface area contributed by atoms with E-state index >= 15 is 0 Å². The number of piperidine rings is 1. The second kappa shape index (κ2) is 7.04. The Morgan fingerprint density at radius 1 is 1.38 bits per heavy atom. The van der Waals surface area contributed by atoms with Crippen LogP contribution >= 0.6 is 0 Å². The van der Waals surface area contributed by atoms with Gasteiger partial charge in [0, 0.05) is 24.1 Å². The van der Waals surface area contributed by atoms with Crippen LogP contribution in [0.15, 0.2) is 24.3 Å². The maximum absolute atomic E-state index is 12.7. The number of nitrogens with zero attached hydrogens (tertiary/aromatic N) is 3. The Morgan fingerprint density at radius 3 is 2.83 bits per heavy atom. The summed E-state index contributed by atoms with van der Waals surface area (Å²) in [7, 11) is 1.70. The highest BCUT2D eigenvalue weighted by Gasteiger charge is 2.21. The normalized spacial score (nSPS) is 15.7. The number of nitrogens with one attached hydrogen (secondary N) is 2. The molecule has 128 valence electrons. The number of rotatable bonds is 4. The number of halogens is 2. The highest BCUT2D eigenvalue weighted by atomic mass is 19.3. The van der Waals surface area contributed by atoms with Gasteiger partial charge >= 0.3 is 0 Å². The number of anilines is 1. The summed E-state index contributed by atoms with van der Waals surface area (Å²) in [6.45, 7) is 1.84. The molecule has 2 N–H and O–H groups in total. The Bertz CT molecular complexity index is 725. The fraction of sp³-hybridized carbons (Fsp3) is 0.438. The summed E-state index contributed by atoms with van der Waals surface area (Å²) in [6, 6.07) is 5.40. The molecule has 0 aliphatic carbocycles. The molecule has 2 aromatic rings. The predicted octanol–water partition coefficient (Wildman–Crippen LogP) is 2.47. The van der Waals surface area contributed by atoms with Crippen LogP contribution in [0.4, 0.5) is 14.7 Å². The van der Waals surface area contributed by atoms with Crippen molar-refractivity contribution < 1.29 is 13.6 Å². The number of carbonyl (C=O) groups is 1. The zero-order chi connectivity index (χ0) is 17.1. The van der Waals surface area contributed by atoms with Crippen LogP contribution in [0.3, 0.4) is 0 Å². The first-order valence-electron chi connectivity index (χ1n) is 7.85. The molecule has 1 aromatic carbocycles. The van der Waals surface area contributed by atoms with Gasteiger partial charge < -0.3 is 5.32 Å². The van der Waals surface area contributed by atoms with E-state index in [2.05, 4.69) is 20.7 Å². The van der Waals surface area contributed by atoms with Gasteiger partial charge in [0.25, 0.3) is 12.3 Å². The first-order chi connectivity index (χ1) is 11.5. The standard InChI is InChI=1S/C16H19F2N5O/c1-23-16(20-14(22-23)10-5-7-19-8-6-10)21-15(24)12-4-2-3-11(9-12)13(17)18/h2-4,9-10,13,19H,5-8H2,1H3,(H,20,21,22,24). The van der Waals surface area contributed by atoms with Gasteiger partial charge in [0.05, 0.1) is 0 Å². The number of carbonyl (C=O) groups excluding carboxylic acids is 1. The van der Waals surface area contributed by atoms with Crippen LogP contribution in [-0.2, 0) is 7.05 Å². The molecule has 1 aliphatic rings. The molecule has 1 saturated heterocycles. The number of alkyl halides is 2. The smallest absolute Gasteiger partial charge is 0.263 e. The number of aromatic nitrogens is 3. The second-order valence-electron chi connectivity index (χ2n) is 5.82. The van der Waals surface area contributed by atoms with Crippen molar-refractivity contribution in [3.05, 3.63) is 41.2 Å². The minimum absolute atomic E-state index is 0.166. The van der Waals surface area contributed by atoms with Crippen molar-refractivity contribution in [1.82, 2.24) is 20.1 Å². The van der Waals surface area contributed by atoms with Crippen LogP contribution in [-0.4, -0.2) is 33.8 Å². The molecular formula is C16H19F2N5O. The maximum Gasteiger partial charge on any atom is 0.263 e. The van der Waals surface area contributed by atoms with E-state index in [-0.39, 0.29) is 17.0 Å². The predicted molar refractivity (Wildman–Crippen MR) is 85.2 cm³/mol. The van der Waals surface area contributed by atoms with E-state index < -0.39 is 12.3 Å². The van der Waals surface area contributed by atoms with E-state index in [1.54, 1.807) is 7.05 Å². The number of hydrogen-bond donors (Lipinski definition) is 2. The lowest BCUT2D eigenvalue weighted by Crippen LogP contribution is -2.27. The van der Waals surface area contributed by atoms with Crippen LogP contribution in [0.1, 0.15) is 46.9 Å². The fourth-order valence-electron chi connectivity index (χ4n) is 2.76. The summed E-state index contributed by atoms with van der Waals surface area (Å²) >= 11 is 0. The lowest BCUT2D eigenvalue weighted by molar-refractivity contribution is 0.102. The van der Waals surface area contributed by atoms with Gasteiger partial charge in [-0.2, -0.15) is 10.1 Å². The molecule has 0 atom stereocenters. The van der Waals surface area contributed by atoms with Gasteiger partial charge in [-0.15, -0.1) is 0 Å². The van der Waals surface area contributed by atoms with Crippen molar-refractivity contribution in [3.8, 4) is 0 Å². The average molecular weight is 335 g/mol. The zero-order valence-electron chi connectivity index (χ0n) is 13.3. The molecule has 6 nitrogen and oxygen atoms in total. The maximum atomic E-state index is 12.7. The molecule has 0 spiro atoms. The van der Waals surface area contributed by atoms with Gasteiger partial charge in [-0.3, -0.25) is 10.1 Å². The van der Waals surface area contributed by atoms with Crippen molar-refractivity contribution in [1.29, 1.82) is 0 Å². The van der Waals surface area contributed by atoms with Gasteiger partial charge in [-0.05, 0) is 38.1 Å². The summed E-state index contributed by atoms with van der Waals surface area (Å²) < 4.78 is 27.0. The molecular weight excluding hydrogens is 316 g/mol. The van der Waals surface area contributed by atoms with Crippen molar-refractivity contribution in [3.63, 3.8) is 0 Å². The molecule has 0 unspecified atom stereocenters. The molecule has 24 heavy (non-hydrogen) atoms. The number of amides is 1. The SMILES string of the molecule is Cn1nc(C2CCNCC2)nc1NC(=O)c1cccc(C(F)F)c1. The second-order valence-corrected chi connectivity index (χ2v) is 5.82. The monoisotopic (exact) mass is 335 g/mol. The summed E-state index contributed by atoms with van der Waals surface area (Å²) in [6.07, 6.45) is -0.708. The molecule has 2 heterocycles. The molecule has 3 rings (SSSR count). The molecule has 1 fully saturated rings. The quantitative estimate of drug-likeness (QED) is 0.900. The van der Waals surface area contributed by atoms with Crippen LogP contribution in [0.25, 0.3) is 0 Å². The van der Waals surface area contributed by atoms with E-state index in [0.717, 1.165) is 25.9 Å². The van der Waals surface area contributed by atoms with Crippen molar-refractivity contribution in [2.45, 2.75) is 25.2 Å². The lowest BCUT2D eigenvalue weighted by Gasteiger charge is -2.19. The third-order valence-corrected chi connectivity index (χ3v) is 4.11. The van der Waals surface area contributed by atoms with E-state index in [9.17, 15) is 13.6 Å². The molecule has 0 radical (unpaired) electrons. The Kier molecular flexibility index (Phi) is 4.84. The van der Waals surface area contributed by atoms with Crippen molar-refractivity contribution in [2.24, 2.45) is 7.05 Å². The minimum atomic E-state index is -2.61. The van der Waals surface area contributed by atoms with E-state index in [1.165, 1.54) is 28.9 Å². The van der Waals surface area contributed by atoms with Gasteiger partial charge in [0.1, 0.15) is 0 Å². The lowest BCUT2D eigenvalue weighted by atomic mass is 9.98. The first kappa shape index (κ1) is 16.5. The summed E-state index contributed by atoms with van der Waals surface area (Å²) in [5, 5.41) is 10.3. The van der Waals surface area contributed by atoms with Crippen LogP contribution < -0.4 is 10.6 Å². The molecule has 0 saturated carbocycles. The highest BCUT2D eigenvalue weighted by Crippen LogP contribution is 2.24. The third kappa shape index (κ3) is 3.59. The van der Waals surface area contributed by atoms with E-state index in [0.29, 0.717) is 11.8 Å². The van der Waals surface area contributed by atoms with Crippen molar-refractivity contribution in [2.75, 3.05) is 18.4 Å². The molecule has 1 aromatic heterocycles.